The molecule has 0 aromatic carbocycles. The van der Waals surface area contributed by atoms with E-state index in [0.29, 0.717) is 0 Å². The summed E-state index contributed by atoms with van der Waals surface area (Å²) in [6.07, 6.45) is 3.59. The monoisotopic (exact) mass is 222 g/mol. The number of imidazole rings is 1. The quantitative estimate of drug-likeness (QED) is 0.790. The minimum atomic E-state index is 0. The standard InChI is InChI=1S/C7H6N2S.2ClH/c1-2-6(10-5-1)7-8-3-4-9-7;;/h1-5H,(H,8,9);2*1H. The summed E-state index contributed by atoms with van der Waals surface area (Å²) in [5.41, 5.74) is 0. The summed E-state index contributed by atoms with van der Waals surface area (Å²) in [5, 5.41) is 2.04. The number of hydrogen-bond donors (Lipinski definition) is 1. The van der Waals surface area contributed by atoms with Gasteiger partial charge >= 0.3 is 0 Å². The van der Waals surface area contributed by atoms with Crippen LogP contribution < -0.4 is 0 Å². The van der Waals surface area contributed by atoms with Crippen molar-refractivity contribution in [2.75, 3.05) is 0 Å². The number of hydrogen-bond acceptors (Lipinski definition) is 2. The third-order valence-electron chi connectivity index (χ3n) is 1.25. The van der Waals surface area contributed by atoms with Crippen LogP contribution in [-0.4, -0.2) is 9.97 Å². The van der Waals surface area contributed by atoms with E-state index < -0.39 is 0 Å². The Morgan fingerprint density at radius 2 is 2.17 bits per heavy atom. The average molecular weight is 223 g/mol. The lowest BCUT2D eigenvalue weighted by molar-refractivity contribution is 1.33. The third-order valence-corrected chi connectivity index (χ3v) is 2.13. The first-order valence-corrected chi connectivity index (χ1v) is 3.88. The minimum Gasteiger partial charge on any atom is -0.344 e. The summed E-state index contributed by atoms with van der Waals surface area (Å²) in [7, 11) is 0. The summed E-state index contributed by atoms with van der Waals surface area (Å²) in [6.45, 7) is 0. The van der Waals surface area contributed by atoms with Crippen molar-refractivity contribution < 1.29 is 0 Å². The Kier molecular flexibility index (Phi) is 4.97. The fraction of sp³-hybridized carbons (Fsp3) is 0. The van der Waals surface area contributed by atoms with E-state index in [1.807, 2.05) is 23.7 Å². The van der Waals surface area contributed by atoms with Crippen LogP contribution in [0.4, 0.5) is 0 Å². The van der Waals surface area contributed by atoms with Gasteiger partial charge < -0.3 is 4.98 Å². The van der Waals surface area contributed by atoms with E-state index in [1.165, 1.54) is 4.88 Å². The molecule has 66 valence electrons. The van der Waals surface area contributed by atoms with Crippen molar-refractivity contribution >= 4 is 36.2 Å². The Balaban J connectivity index is 0.000000605. The van der Waals surface area contributed by atoms with Crippen LogP contribution in [0.2, 0.25) is 0 Å². The Hall–Kier alpha value is -0.510. The van der Waals surface area contributed by atoms with Gasteiger partial charge in [-0.25, -0.2) is 4.98 Å². The molecular formula is C7H8Cl2N2S. The predicted molar refractivity (Wildman–Crippen MR) is 56.4 cm³/mol. The number of H-pyrrole nitrogens is 1. The topological polar surface area (TPSA) is 28.7 Å². The Bertz CT molecular complexity index is 259. The molecule has 2 nitrogen and oxygen atoms in total. The van der Waals surface area contributed by atoms with Crippen LogP contribution in [0, 0.1) is 0 Å². The highest BCUT2D eigenvalue weighted by Crippen LogP contribution is 2.19. The molecule has 2 aromatic rings. The van der Waals surface area contributed by atoms with E-state index in [1.54, 1.807) is 17.5 Å². The zero-order valence-electron chi connectivity index (χ0n) is 6.06. The van der Waals surface area contributed by atoms with Gasteiger partial charge in [-0.2, -0.15) is 0 Å². The second-order valence-corrected chi connectivity index (χ2v) is 2.86. The van der Waals surface area contributed by atoms with Gasteiger partial charge in [-0.05, 0) is 11.4 Å². The summed E-state index contributed by atoms with van der Waals surface area (Å²) < 4.78 is 0. The van der Waals surface area contributed by atoms with Crippen LogP contribution in [0.25, 0.3) is 10.7 Å². The largest absolute Gasteiger partial charge is 0.344 e. The third kappa shape index (κ3) is 2.24. The Morgan fingerprint density at radius 3 is 2.67 bits per heavy atom. The van der Waals surface area contributed by atoms with Gasteiger partial charge in [0.2, 0.25) is 0 Å². The highest BCUT2D eigenvalue weighted by Gasteiger charge is 1.97. The number of halogens is 2. The van der Waals surface area contributed by atoms with E-state index in [9.17, 15) is 0 Å². The van der Waals surface area contributed by atoms with Gasteiger partial charge in [-0.1, -0.05) is 6.07 Å². The van der Waals surface area contributed by atoms with Gasteiger partial charge in [0.05, 0.1) is 4.88 Å². The van der Waals surface area contributed by atoms with Crippen molar-refractivity contribution in [3.05, 3.63) is 29.9 Å². The molecule has 0 aliphatic carbocycles. The smallest absolute Gasteiger partial charge is 0.147 e. The average Bonchev–Trinajstić information content (AvgIpc) is 2.59. The molecule has 0 amide bonds. The zero-order valence-corrected chi connectivity index (χ0v) is 8.51. The van der Waals surface area contributed by atoms with Gasteiger partial charge in [0.15, 0.2) is 0 Å². The van der Waals surface area contributed by atoms with E-state index in [2.05, 4.69) is 9.97 Å². The number of nitrogens with zero attached hydrogens (tertiary/aromatic N) is 1. The van der Waals surface area contributed by atoms with Gasteiger partial charge in [0, 0.05) is 12.4 Å². The number of nitrogens with one attached hydrogen (secondary N) is 1. The summed E-state index contributed by atoms with van der Waals surface area (Å²) in [6, 6.07) is 4.06. The Morgan fingerprint density at radius 1 is 1.33 bits per heavy atom. The highest BCUT2D eigenvalue weighted by molar-refractivity contribution is 7.13. The SMILES string of the molecule is Cl.Cl.c1csc(-c2ncc[nH]2)c1. The summed E-state index contributed by atoms with van der Waals surface area (Å²) in [4.78, 5) is 8.34. The summed E-state index contributed by atoms with van der Waals surface area (Å²) in [5.74, 6) is 0.954. The lowest BCUT2D eigenvalue weighted by Crippen LogP contribution is -1.71. The zero-order chi connectivity index (χ0) is 6.81. The minimum absolute atomic E-state index is 0. The first-order valence-electron chi connectivity index (χ1n) is 3.00. The van der Waals surface area contributed by atoms with Crippen molar-refractivity contribution in [3.63, 3.8) is 0 Å². The van der Waals surface area contributed by atoms with Crippen molar-refractivity contribution in [1.82, 2.24) is 9.97 Å². The maximum atomic E-state index is 4.11. The molecule has 0 bridgehead atoms. The van der Waals surface area contributed by atoms with Crippen molar-refractivity contribution in [2.24, 2.45) is 0 Å². The Labute approximate surface area is 86.9 Å². The fourth-order valence-electron chi connectivity index (χ4n) is 0.813. The molecule has 0 aliphatic rings. The molecule has 0 fully saturated rings. The second-order valence-electron chi connectivity index (χ2n) is 1.92. The number of aromatic nitrogens is 2. The lowest BCUT2D eigenvalue weighted by atomic mass is 10.4. The fourth-order valence-corrected chi connectivity index (χ4v) is 1.50. The molecule has 0 saturated heterocycles. The molecule has 0 radical (unpaired) electrons. The van der Waals surface area contributed by atoms with Crippen LogP contribution in [0.3, 0.4) is 0 Å². The van der Waals surface area contributed by atoms with Crippen molar-refractivity contribution in [2.45, 2.75) is 0 Å². The molecule has 5 heteroatoms. The maximum absolute atomic E-state index is 4.11. The lowest BCUT2D eigenvalue weighted by Gasteiger charge is -1.85. The van der Waals surface area contributed by atoms with E-state index >= 15 is 0 Å². The van der Waals surface area contributed by atoms with Crippen LogP contribution >= 0.6 is 36.2 Å². The number of aromatic amines is 1. The van der Waals surface area contributed by atoms with Crippen LogP contribution in [0.1, 0.15) is 0 Å². The number of rotatable bonds is 1. The molecule has 0 spiro atoms. The highest BCUT2D eigenvalue weighted by atomic mass is 35.5. The molecule has 1 N–H and O–H groups in total. The van der Waals surface area contributed by atoms with Gasteiger partial charge in [-0.3, -0.25) is 0 Å². The first kappa shape index (κ1) is 11.5. The molecule has 0 saturated carbocycles. The van der Waals surface area contributed by atoms with Crippen molar-refractivity contribution in [1.29, 1.82) is 0 Å². The van der Waals surface area contributed by atoms with E-state index in [-0.39, 0.29) is 24.8 Å². The molecular weight excluding hydrogens is 215 g/mol. The molecule has 2 aromatic heterocycles. The maximum Gasteiger partial charge on any atom is 0.147 e. The molecule has 2 heterocycles. The van der Waals surface area contributed by atoms with E-state index in [0.717, 1.165) is 5.82 Å². The van der Waals surface area contributed by atoms with Gasteiger partial charge in [0.1, 0.15) is 5.82 Å². The van der Waals surface area contributed by atoms with Crippen LogP contribution in [-0.2, 0) is 0 Å². The number of thiophene rings is 1. The molecule has 12 heavy (non-hydrogen) atoms. The van der Waals surface area contributed by atoms with Crippen LogP contribution in [0.5, 0.6) is 0 Å². The first-order chi connectivity index (χ1) is 4.97. The normalized spacial score (nSPS) is 8.33. The van der Waals surface area contributed by atoms with Crippen molar-refractivity contribution in [3.8, 4) is 10.7 Å². The molecule has 0 atom stereocenters. The summed E-state index contributed by atoms with van der Waals surface area (Å²) >= 11 is 1.69. The van der Waals surface area contributed by atoms with Crippen LogP contribution in [0.15, 0.2) is 29.9 Å². The predicted octanol–water partition coefficient (Wildman–Crippen LogP) is 2.98. The second kappa shape index (κ2) is 5.19. The van der Waals surface area contributed by atoms with Gasteiger partial charge in [0.25, 0.3) is 0 Å². The van der Waals surface area contributed by atoms with Gasteiger partial charge in [-0.15, -0.1) is 36.2 Å². The molecule has 0 aliphatic heterocycles. The molecule has 0 unspecified atom stereocenters. The molecule has 2 rings (SSSR count). The van der Waals surface area contributed by atoms with E-state index in [4.69, 9.17) is 0 Å².